The van der Waals surface area contributed by atoms with Crippen molar-refractivity contribution in [2.75, 3.05) is 19.0 Å². The van der Waals surface area contributed by atoms with E-state index in [1.807, 2.05) is 25.1 Å². The highest BCUT2D eigenvalue weighted by molar-refractivity contribution is 5.77. The van der Waals surface area contributed by atoms with Crippen molar-refractivity contribution in [3.63, 3.8) is 0 Å². The molecule has 0 aliphatic rings. The number of ether oxygens (including phenoxy) is 1. The van der Waals surface area contributed by atoms with E-state index >= 15 is 0 Å². The summed E-state index contributed by atoms with van der Waals surface area (Å²) < 4.78 is 10.6. The van der Waals surface area contributed by atoms with Gasteiger partial charge in [-0.3, -0.25) is 0 Å². The van der Waals surface area contributed by atoms with Gasteiger partial charge in [-0.1, -0.05) is 6.92 Å². The van der Waals surface area contributed by atoms with E-state index in [0.717, 1.165) is 23.2 Å². The number of nitrogens with one attached hydrogen (secondary N) is 1. The third-order valence-electron chi connectivity index (χ3n) is 2.73. The second-order valence-corrected chi connectivity index (χ2v) is 4.12. The Kier molecular flexibility index (Phi) is 3.64. The summed E-state index contributed by atoms with van der Waals surface area (Å²) in [6.07, 6.45) is 1.02. The molecule has 4 heteroatoms. The molecule has 92 valence electrons. The average Bonchev–Trinajstić information content (AvgIpc) is 2.68. The van der Waals surface area contributed by atoms with Crippen LogP contribution in [-0.4, -0.2) is 24.7 Å². The summed E-state index contributed by atoms with van der Waals surface area (Å²) in [7, 11) is 1.72. The number of oxazole rings is 1. The van der Waals surface area contributed by atoms with E-state index in [9.17, 15) is 0 Å². The van der Waals surface area contributed by atoms with E-state index in [1.165, 1.54) is 0 Å². The second-order valence-electron chi connectivity index (χ2n) is 4.12. The van der Waals surface area contributed by atoms with E-state index in [2.05, 4.69) is 17.2 Å². The summed E-state index contributed by atoms with van der Waals surface area (Å²) in [5, 5.41) is 3.42. The summed E-state index contributed by atoms with van der Waals surface area (Å²) in [6, 6.07) is 6.28. The molecule has 2 aromatic rings. The van der Waals surface area contributed by atoms with Gasteiger partial charge in [0, 0.05) is 25.8 Å². The van der Waals surface area contributed by atoms with Crippen molar-refractivity contribution < 1.29 is 9.15 Å². The fourth-order valence-electron chi connectivity index (χ4n) is 1.83. The highest BCUT2D eigenvalue weighted by Gasteiger charge is 2.07. The van der Waals surface area contributed by atoms with E-state index in [-0.39, 0.29) is 0 Å². The first-order valence-corrected chi connectivity index (χ1v) is 5.85. The molecule has 1 heterocycles. The zero-order valence-corrected chi connectivity index (χ0v) is 10.5. The van der Waals surface area contributed by atoms with Crippen molar-refractivity contribution in [1.29, 1.82) is 0 Å². The zero-order valence-electron chi connectivity index (χ0n) is 10.5. The molecule has 0 aliphatic carbocycles. The normalized spacial score (nSPS) is 12.9. The van der Waals surface area contributed by atoms with Gasteiger partial charge < -0.3 is 14.5 Å². The number of hydrogen-bond donors (Lipinski definition) is 1. The van der Waals surface area contributed by atoms with Crippen molar-refractivity contribution in [1.82, 2.24) is 4.98 Å². The van der Waals surface area contributed by atoms with Crippen LogP contribution >= 0.6 is 0 Å². The summed E-state index contributed by atoms with van der Waals surface area (Å²) >= 11 is 0. The fourth-order valence-corrected chi connectivity index (χ4v) is 1.83. The number of fused-ring (bicyclic) bond motifs is 1. The molecule has 0 bridgehead atoms. The van der Waals surface area contributed by atoms with Crippen LogP contribution in [0.4, 0.5) is 5.69 Å². The van der Waals surface area contributed by atoms with Crippen molar-refractivity contribution in [2.45, 2.75) is 26.3 Å². The lowest BCUT2D eigenvalue weighted by atomic mass is 10.2. The van der Waals surface area contributed by atoms with Crippen LogP contribution in [0.3, 0.4) is 0 Å². The largest absolute Gasteiger partial charge is 0.441 e. The minimum absolute atomic E-state index is 0.324. The molecule has 1 unspecified atom stereocenters. The van der Waals surface area contributed by atoms with Crippen molar-refractivity contribution >= 4 is 16.8 Å². The molecule has 4 nitrogen and oxygen atoms in total. The van der Waals surface area contributed by atoms with E-state index in [1.54, 1.807) is 7.11 Å². The number of nitrogens with zero attached hydrogens (tertiary/aromatic N) is 1. The predicted molar refractivity (Wildman–Crippen MR) is 68.3 cm³/mol. The smallest absolute Gasteiger partial charge is 0.192 e. The van der Waals surface area contributed by atoms with Crippen LogP contribution in [0.15, 0.2) is 22.6 Å². The maximum absolute atomic E-state index is 5.44. The number of anilines is 1. The predicted octanol–water partition coefficient (Wildman–Crippen LogP) is 2.97. The minimum Gasteiger partial charge on any atom is -0.441 e. The Morgan fingerprint density at radius 3 is 3.00 bits per heavy atom. The van der Waals surface area contributed by atoms with Crippen LogP contribution in [-0.2, 0) is 4.74 Å². The number of rotatable bonds is 5. The quantitative estimate of drug-likeness (QED) is 0.864. The average molecular weight is 234 g/mol. The molecule has 17 heavy (non-hydrogen) atoms. The van der Waals surface area contributed by atoms with Crippen LogP contribution in [0.25, 0.3) is 11.1 Å². The molecule has 1 atom stereocenters. The van der Waals surface area contributed by atoms with Gasteiger partial charge in [0.15, 0.2) is 11.5 Å². The Morgan fingerprint density at radius 2 is 2.29 bits per heavy atom. The standard InChI is InChI=1S/C13H18N2O2/c1-4-10(8-16-3)15-11-5-6-13-12(7-11)14-9(2)17-13/h5-7,10,15H,4,8H2,1-3H3. The van der Waals surface area contributed by atoms with Crippen molar-refractivity contribution in [3.8, 4) is 0 Å². The third-order valence-corrected chi connectivity index (χ3v) is 2.73. The van der Waals surface area contributed by atoms with Crippen LogP contribution < -0.4 is 5.32 Å². The van der Waals surface area contributed by atoms with Crippen LogP contribution in [0.2, 0.25) is 0 Å². The minimum atomic E-state index is 0.324. The first-order chi connectivity index (χ1) is 8.22. The zero-order chi connectivity index (χ0) is 12.3. The molecule has 2 rings (SSSR count). The van der Waals surface area contributed by atoms with Gasteiger partial charge in [-0.2, -0.15) is 0 Å². The molecule has 0 fully saturated rings. The van der Waals surface area contributed by atoms with Crippen LogP contribution in [0, 0.1) is 6.92 Å². The van der Waals surface area contributed by atoms with Crippen LogP contribution in [0.1, 0.15) is 19.2 Å². The van der Waals surface area contributed by atoms with Gasteiger partial charge in [0.05, 0.1) is 6.61 Å². The molecule has 1 aromatic carbocycles. The Bertz CT molecular complexity index is 493. The molecule has 0 saturated heterocycles. The maximum Gasteiger partial charge on any atom is 0.192 e. The Morgan fingerprint density at radius 1 is 1.47 bits per heavy atom. The Balaban J connectivity index is 2.17. The summed E-state index contributed by atoms with van der Waals surface area (Å²) in [5.41, 5.74) is 2.77. The Hall–Kier alpha value is -1.55. The molecule has 0 spiro atoms. The van der Waals surface area contributed by atoms with Crippen molar-refractivity contribution in [2.24, 2.45) is 0 Å². The van der Waals surface area contributed by atoms with Gasteiger partial charge in [-0.25, -0.2) is 4.98 Å². The molecule has 0 radical (unpaired) electrons. The van der Waals surface area contributed by atoms with E-state index in [0.29, 0.717) is 18.5 Å². The number of aryl methyl sites for hydroxylation is 1. The SMILES string of the molecule is CCC(COC)Nc1ccc2oc(C)nc2c1. The second kappa shape index (κ2) is 5.19. The van der Waals surface area contributed by atoms with Gasteiger partial charge in [0.25, 0.3) is 0 Å². The van der Waals surface area contributed by atoms with Gasteiger partial charge in [-0.05, 0) is 24.6 Å². The summed E-state index contributed by atoms with van der Waals surface area (Å²) in [4.78, 5) is 4.31. The fraction of sp³-hybridized carbons (Fsp3) is 0.462. The molecule has 0 aliphatic heterocycles. The number of benzene rings is 1. The first-order valence-electron chi connectivity index (χ1n) is 5.85. The summed E-state index contributed by atoms with van der Waals surface area (Å²) in [5.74, 6) is 0.695. The van der Waals surface area contributed by atoms with E-state index in [4.69, 9.17) is 9.15 Å². The number of methoxy groups -OCH3 is 1. The monoisotopic (exact) mass is 234 g/mol. The van der Waals surface area contributed by atoms with Crippen molar-refractivity contribution in [3.05, 3.63) is 24.1 Å². The number of aromatic nitrogens is 1. The van der Waals surface area contributed by atoms with Gasteiger partial charge >= 0.3 is 0 Å². The first kappa shape index (κ1) is 11.9. The number of hydrogen-bond acceptors (Lipinski definition) is 4. The lowest BCUT2D eigenvalue weighted by Crippen LogP contribution is -2.23. The van der Waals surface area contributed by atoms with Gasteiger partial charge in [0.2, 0.25) is 0 Å². The third kappa shape index (κ3) is 2.77. The highest BCUT2D eigenvalue weighted by atomic mass is 16.5. The van der Waals surface area contributed by atoms with Gasteiger partial charge in [0.1, 0.15) is 5.52 Å². The lowest BCUT2D eigenvalue weighted by Gasteiger charge is -2.16. The topological polar surface area (TPSA) is 47.3 Å². The van der Waals surface area contributed by atoms with Gasteiger partial charge in [-0.15, -0.1) is 0 Å². The Labute approximate surface area is 101 Å². The molecule has 1 N–H and O–H groups in total. The molecular weight excluding hydrogens is 216 g/mol. The lowest BCUT2D eigenvalue weighted by molar-refractivity contribution is 0.184. The highest BCUT2D eigenvalue weighted by Crippen LogP contribution is 2.20. The maximum atomic E-state index is 5.44. The molecule has 0 saturated carbocycles. The molecular formula is C13H18N2O2. The molecule has 0 amide bonds. The van der Waals surface area contributed by atoms with E-state index < -0.39 is 0 Å². The molecule has 1 aromatic heterocycles. The summed E-state index contributed by atoms with van der Waals surface area (Å²) in [6.45, 7) is 4.69. The van der Waals surface area contributed by atoms with Crippen LogP contribution in [0.5, 0.6) is 0 Å².